The number of para-hydroxylation sites is 5. The van der Waals surface area contributed by atoms with E-state index in [0.29, 0.717) is 5.56 Å². The summed E-state index contributed by atoms with van der Waals surface area (Å²) in [6, 6.07) is 45.1. The molecule has 0 atom stereocenters. The summed E-state index contributed by atoms with van der Waals surface area (Å²) in [6.45, 7) is 2.15. The molecule has 1 aliphatic heterocycles. The minimum absolute atomic E-state index is 0. The topological polar surface area (TPSA) is 44.4 Å². The van der Waals surface area contributed by atoms with Gasteiger partial charge in [-0.15, -0.1) is 17.7 Å². The molecule has 0 amide bonds. The Balaban J connectivity index is 0.000000155. The molecule has 1 aromatic heterocycles. The Kier molecular flexibility index (Phi) is 7.11. The molecule has 0 bridgehead atoms. The summed E-state index contributed by atoms with van der Waals surface area (Å²) in [4.78, 5) is 8.92. The summed E-state index contributed by atoms with van der Waals surface area (Å²) in [7, 11) is 0. The van der Waals surface area contributed by atoms with Gasteiger partial charge in [0, 0.05) is 45.1 Å². The third kappa shape index (κ3) is 4.76. The van der Waals surface area contributed by atoms with Crippen LogP contribution in [0.1, 0.15) is 5.56 Å². The van der Waals surface area contributed by atoms with Gasteiger partial charge in [-0.1, -0.05) is 84.9 Å². The van der Waals surface area contributed by atoms with Gasteiger partial charge in [-0.25, -0.2) is 0 Å². The Morgan fingerprint density at radius 2 is 1.08 bits per heavy atom. The first-order valence-electron chi connectivity index (χ1n) is 11.8. The fraction of sp³-hybridized carbons (Fsp3) is 0. The Morgan fingerprint density at radius 3 is 1.68 bits per heavy atom. The molecule has 0 unspecified atom stereocenters. The van der Waals surface area contributed by atoms with E-state index in [0.717, 1.165) is 21.8 Å². The van der Waals surface area contributed by atoms with Gasteiger partial charge in [0.2, 0.25) is 0 Å². The third-order valence-corrected chi connectivity index (χ3v) is 6.26. The summed E-state index contributed by atoms with van der Waals surface area (Å²) in [5.74, 6) is 0. The largest absolute Gasteiger partial charge is 0.657 e. The van der Waals surface area contributed by atoms with Gasteiger partial charge in [-0.05, 0) is 53.2 Å². The van der Waals surface area contributed by atoms with E-state index in [1.807, 2.05) is 48.5 Å². The second-order valence-electron chi connectivity index (χ2n) is 8.49. The van der Waals surface area contributed by atoms with Crippen LogP contribution in [0.25, 0.3) is 21.8 Å². The van der Waals surface area contributed by atoms with Gasteiger partial charge < -0.3 is 14.8 Å². The second-order valence-corrected chi connectivity index (χ2v) is 8.49. The minimum atomic E-state index is 0. The molecule has 7 rings (SSSR count). The van der Waals surface area contributed by atoms with Crippen LogP contribution in [0.4, 0.5) is 22.7 Å². The van der Waals surface area contributed by atoms with Crippen molar-refractivity contribution >= 4 is 44.6 Å². The molecule has 5 heteroatoms. The van der Waals surface area contributed by atoms with Gasteiger partial charge in [-0.2, -0.15) is 5.26 Å². The molecular weight excluding hydrogens is 637 g/mol. The predicted molar refractivity (Wildman–Crippen MR) is 147 cm³/mol. The number of nitriles is 1. The Bertz CT molecular complexity index is 1620. The number of hydrogen-bond acceptors (Lipinski definition) is 3. The molecule has 1 radical (unpaired) electrons. The average Bonchev–Trinajstić information content (AvgIpc) is 3.53. The van der Waals surface area contributed by atoms with Crippen LogP contribution in [0.2, 0.25) is 0 Å². The van der Waals surface area contributed by atoms with Gasteiger partial charge in [-0.3, -0.25) is 0 Å². The van der Waals surface area contributed by atoms with E-state index in [1.54, 1.807) is 0 Å². The zero-order valence-electron chi connectivity index (χ0n) is 19.8. The standard InChI is InChI=1S/C19H15N2.C13H7N2.Au/c1-3-9-16(10-4-1)20-15-21(17-11-5-2-6-12-17)19-14-8-7-13-18(19)20;14-8-9-5-6-11-10-3-1-2-4-12(10)15-13(11)7-9;/h1-15H;1-7H;/q2*-1;. The van der Waals surface area contributed by atoms with Crippen molar-refractivity contribution in [3.05, 3.63) is 140 Å². The van der Waals surface area contributed by atoms with Crippen molar-refractivity contribution in [2.75, 3.05) is 9.80 Å². The quantitative estimate of drug-likeness (QED) is 0.140. The van der Waals surface area contributed by atoms with Crippen molar-refractivity contribution in [3.8, 4) is 6.07 Å². The van der Waals surface area contributed by atoms with E-state index in [1.165, 1.54) is 22.7 Å². The Hall–Kier alpha value is -4.27. The van der Waals surface area contributed by atoms with Crippen molar-refractivity contribution in [3.63, 3.8) is 0 Å². The van der Waals surface area contributed by atoms with Crippen LogP contribution in [0, 0.1) is 18.0 Å². The first-order valence-corrected chi connectivity index (χ1v) is 11.8. The molecule has 5 aromatic carbocycles. The number of hydrogen-bond donors (Lipinski definition) is 0. The SMILES string of the molecule is N#Cc1ccc2c(c1)[n-]c1ccccc12.[Au].c1ccc(N2[CH-]N(c3ccccc3)c3ccccc32)cc1. The van der Waals surface area contributed by atoms with Crippen LogP contribution < -0.4 is 14.8 Å². The number of benzene rings is 5. The predicted octanol–water partition coefficient (Wildman–Crippen LogP) is 7.92. The summed E-state index contributed by atoms with van der Waals surface area (Å²) >= 11 is 0. The average molecular weight is 660 g/mol. The number of aromatic nitrogens is 1. The number of anilines is 4. The zero-order valence-corrected chi connectivity index (χ0v) is 22.0. The smallest absolute Gasteiger partial charge is 0.0991 e. The monoisotopic (exact) mass is 659 g/mol. The van der Waals surface area contributed by atoms with E-state index in [4.69, 9.17) is 5.26 Å². The van der Waals surface area contributed by atoms with Crippen LogP contribution in [-0.2, 0) is 22.4 Å². The fourth-order valence-corrected chi connectivity index (χ4v) is 4.55. The minimum Gasteiger partial charge on any atom is -0.657 e. The molecule has 2 heterocycles. The van der Waals surface area contributed by atoms with Crippen molar-refractivity contribution in [1.29, 1.82) is 5.26 Å². The van der Waals surface area contributed by atoms with Crippen molar-refractivity contribution in [2.24, 2.45) is 0 Å². The van der Waals surface area contributed by atoms with Gasteiger partial charge in [0.1, 0.15) is 0 Å². The molecule has 37 heavy (non-hydrogen) atoms. The van der Waals surface area contributed by atoms with Gasteiger partial charge in [0.05, 0.1) is 11.6 Å². The number of rotatable bonds is 2. The fourth-order valence-electron chi connectivity index (χ4n) is 4.55. The van der Waals surface area contributed by atoms with Gasteiger partial charge in [0.25, 0.3) is 0 Å². The summed E-state index contributed by atoms with van der Waals surface area (Å²) in [5, 5.41) is 11.1. The van der Waals surface area contributed by atoms with E-state index < -0.39 is 0 Å². The van der Waals surface area contributed by atoms with E-state index >= 15 is 0 Å². The molecular formula is C32H22AuN4-2. The molecule has 0 saturated heterocycles. The molecule has 0 saturated carbocycles. The third-order valence-electron chi connectivity index (χ3n) is 6.26. The molecule has 4 nitrogen and oxygen atoms in total. The normalized spacial score (nSPS) is 11.9. The zero-order chi connectivity index (χ0) is 24.3. The Morgan fingerprint density at radius 1 is 0.568 bits per heavy atom. The van der Waals surface area contributed by atoms with Crippen LogP contribution in [-0.4, -0.2) is 0 Å². The summed E-state index contributed by atoms with van der Waals surface area (Å²) < 4.78 is 0. The molecule has 0 fully saturated rings. The number of fused-ring (bicyclic) bond motifs is 4. The van der Waals surface area contributed by atoms with Crippen molar-refractivity contribution in [1.82, 2.24) is 4.98 Å². The van der Waals surface area contributed by atoms with Gasteiger partial charge in [0.15, 0.2) is 0 Å². The van der Waals surface area contributed by atoms with Crippen LogP contribution in [0.15, 0.2) is 127 Å². The molecule has 6 aromatic rings. The van der Waals surface area contributed by atoms with Crippen LogP contribution >= 0.6 is 0 Å². The van der Waals surface area contributed by atoms with E-state index in [-0.39, 0.29) is 22.4 Å². The van der Waals surface area contributed by atoms with Gasteiger partial charge >= 0.3 is 0 Å². The summed E-state index contributed by atoms with van der Waals surface area (Å²) in [6.07, 6.45) is 0. The van der Waals surface area contributed by atoms with Crippen molar-refractivity contribution in [2.45, 2.75) is 0 Å². The maximum atomic E-state index is 8.79. The molecule has 183 valence electrons. The van der Waals surface area contributed by atoms with E-state index in [9.17, 15) is 0 Å². The first-order chi connectivity index (χ1) is 17.8. The van der Waals surface area contributed by atoms with Crippen molar-refractivity contribution < 1.29 is 22.4 Å². The molecule has 0 spiro atoms. The number of nitrogens with zero attached hydrogens (tertiary/aromatic N) is 4. The molecule has 0 aliphatic carbocycles. The maximum Gasteiger partial charge on any atom is 0.0991 e. The van der Waals surface area contributed by atoms with E-state index in [2.05, 4.69) is 106 Å². The molecule has 1 aliphatic rings. The summed E-state index contributed by atoms with van der Waals surface area (Å²) in [5.41, 5.74) is 7.29. The molecule has 0 N–H and O–H groups in total. The van der Waals surface area contributed by atoms with Crippen LogP contribution in [0.5, 0.6) is 0 Å². The maximum absolute atomic E-state index is 8.79. The second kappa shape index (κ2) is 10.8. The first kappa shape index (κ1) is 24.4. The Labute approximate surface area is 231 Å². The van der Waals surface area contributed by atoms with Crippen LogP contribution in [0.3, 0.4) is 0 Å².